The summed E-state index contributed by atoms with van der Waals surface area (Å²) in [6.07, 6.45) is 9.99. The number of pyridine rings is 1. The van der Waals surface area contributed by atoms with Crippen LogP contribution in [0, 0.1) is 0 Å². The minimum Gasteiger partial charge on any atom is -0.432 e. The van der Waals surface area contributed by atoms with Crippen molar-refractivity contribution in [2.75, 3.05) is 13.2 Å². The van der Waals surface area contributed by atoms with Gasteiger partial charge in [0, 0.05) is 40.7 Å². The van der Waals surface area contributed by atoms with Gasteiger partial charge in [-0.1, -0.05) is 74.5 Å². The van der Waals surface area contributed by atoms with Gasteiger partial charge in [0.2, 0.25) is 0 Å². The molecule has 9 heteroatoms. The SMILES string of the molecule is CC(C)(CCC1(n2cc(C(=O)c3cncc(N=C(c4ccccc4)c4ccccc4)c3)c3cncnc32)COC1)[Si](C)(C)O. The molecule has 1 fully saturated rings. The number of rotatable bonds is 10. The highest BCUT2D eigenvalue weighted by Crippen LogP contribution is 2.45. The summed E-state index contributed by atoms with van der Waals surface area (Å²) in [6.45, 7) is 9.29. The first kappa shape index (κ1) is 29.7. The molecule has 0 aliphatic carbocycles. The highest BCUT2D eigenvalue weighted by molar-refractivity contribution is 6.72. The van der Waals surface area contributed by atoms with Crippen molar-refractivity contribution in [1.29, 1.82) is 0 Å². The number of aromatic nitrogens is 4. The number of ether oxygens (including phenoxy) is 1. The van der Waals surface area contributed by atoms with E-state index in [1.807, 2.05) is 80.0 Å². The minimum atomic E-state index is -2.39. The summed E-state index contributed by atoms with van der Waals surface area (Å²) in [5.41, 5.74) is 4.61. The van der Waals surface area contributed by atoms with Crippen LogP contribution in [0.5, 0.6) is 0 Å². The standard InChI is InChI=1S/C35H37N5O3Si/c1-34(2,44(3,4)42)15-16-35(22-43-23-35)40-21-30(29-20-37-24-38-33(29)40)32(41)27-17-28(19-36-18-27)39-31(25-11-7-5-8-12-25)26-13-9-6-10-14-26/h5-14,17-21,24,42H,15-16,22-23H2,1-4H3. The molecule has 4 heterocycles. The first-order valence-corrected chi connectivity index (χ1v) is 17.8. The lowest BCUT2D eigenvalue weighted by Crippen LogP contribution is -2.52. The Hall–Kier alpha value is -4.31. The predicted octanol–water partition coefficient (Wildman–Crippen LogP) is 6.71. The second-order valence-electron chi connectivity index (χ2n) is 12.8. The van der Waals surface area contributed by atoms with Gasteiger partial charge in [-0.15, -0.1) is 0 Å². The molecular formula is C35H37N5O3Si. The molecular weight excluding hydrogens is 567 g/mol. The second kappa shape index (κ2) is 11.6. The molecule has 0 atom stereocenters. The summed E-state index contributed by atoms with van der Waals surface area (Å²) in [5, 5.41) is 0.500. The highest BCUT2D eigenvalue weighted by Gasteiger charge is 2.46. The molecule has 0 amide bonds. The van der Waals surface area contributed by atoms with Crippen LogP contribution in [0.3, 0.4) is 0 Å². The van der Waals surface area contributed by atoms with Crippen LogP contribution >= 0.6 is 0 Å². The summed E-state index contributed by atoms with van der Waals surface area (Å²) in [4.78, 5) is 43.3. The summed E-state index contributed by atoms with van der Waals surface area (Å²) >= 11 is 0. The van der Waals surface area contributed by atoms with E-state index in [2.05, 4.69) is 33.4 Å². The smallest absolute Gasteiger partial charge is 0.196 e. The van der Waals surface area contributed by atoms with Gasteiger partial charge in [0.1, 0.15) is 12.0 Å². The van der Waals surface area contributed by atoms with E-state index in [0.29, 0.717) is 41.1 Å². The maximum Gasteiger partial charge on any atom is 0.196 e. The third-order valence-electron chi connectivity index (χ3n) is 9.16. The average molecular weight is 604 g/mol. The molecule has 2 aromatic carbocycles. The minimum absolute atomic E-state index is 0.173. The molecule has 1 saturated heterocycles. The van der Waals surface area contributed by atoms with Crippen LogP contribution in [0.2, 0.25) is 18.1 Å². The Labute approximate surface area is 258 Å². The van der Waals surface area contributed by atoms with Gasteiger partial charge in [-0.3, -0.25) is 9.78 Å². The number of hydrogen-bond donors (Lipinski definition) is 1. The molecule has 1 N–H and O–H groups in total. The number of carbonyl (C=O) groups is 1. The van der Waals surface area contributed by atoms with E-state index in [-0.39, 0.29) is 16.4 Å². The number of fused-ring (bicyclic) bond motifs is 1. The number of hydrogen-bond acceptors (Lipinski definition) is 7. The Bertz CT molecular complexity index is 1780. The van der Waals surface area contributed by atoms with Gasteiger partial charge < -0.3 is 14.1 Å². The van der Waals surface area contributed by atoms with Crippen molar-refractivity contribution in [2.24, 2.45) is 4.99 Å². The third kappa shape index (κ3) is 5.66. The van der Waals surface area contributed by atoms with E-state index in [1.165, 1.54) is 6.33 Å². The summed E-state index contributed by atoms with van der Waals surface area (Å²) in [7, 11) is -2.39. The maximum atomic E-state index is 14.1. The molecule has 6 rings (SSSR count). The molecule has 224 valence electrons. The van der Waals surface area contributed by atoms with E-state index < -0.39 is 8.32 Å². The molecule has 3 aromatic heterocycles. The fourth-order valence-electron chi connectivity index (χ4n) is 5.49. The van der Waals surface area contributed by atoms with Gasteiger partial charge in [-0.25, -0.2) is 15.0 Å². The first-order chi connectivity index (χ1) is 21.1. The van der Waals surface area contributed by atoms with Gasteiger partial charge in [0.05, 0.1) is 41.9 Å². The molecule has 1 aliphatic rings. The van der Waals surface area contributed by atoms with E-state index in [9.17, 15) is 9.59 Å². The third-order valence-corrected chi connectivity index (χ3v) is 12.7. The Morgan fingerprint density at radius 3 is 2.23 bits per heavy atom. The second-order valence-corrected chi connectivity index (χ2v) is 17.3. The Balaban J connectivity index is 1.37. The zero-order chi connectivity index (χ0) is 31.0. The van der Waals surface area contributed by atoms with E-state index in [0.717, 1.165) is 29.7 Å². The lowest BCUT2D eigenvalue weighted by molar-refractivity contribution is -0.105. The molecule has 1 aliphatic heterocycles. The molecule has 0 bridgehead atoms. The quantitative estimate of drug-likeness (QED) is 0.108. The molecule has 0 spiro atoms. The monoisotopic (exact) mass is 603 g/mol. The van der Waals surface area contributed by atoms with Crippen molar-refractivity contribution >= 4 is 36.5 Å². The van der Waals surface area contributed by atoms with Gasteiger partial charge in [0.15, 0.2) is 14.1 Å². The van der Waals surface area contributed by atoms with Crippen LogP contribution in [-0.4, -0.2) is 57.3 Å². The van der Waals surface area contributed by atoms with E-state index in [4.69, 9.17) is 9.73 Å². The molecule has 8 nitrogen and oxygen atoms in total. The number of benzene rings is 2. The van der Waals surface area contributed by atoms with Gasteiger partial charge >= 0.3 is 0 Å². The van der Waals surface area contributed by atoms with Crippen molar-refractivity contribution < 1.29 is 14.3 Å². The Morgan fingerprint density at radius 1 is 0.977 bits per heavy atom. The Kier molecular flexibility index (Phi) is 7.87. The molecule has 0 radical (unpaired) electrons. The lowest BCUT2D eigenvalue weighted by Gasteiger charge is -2.46. The number of ketones is 1. The number of carbonyl (C=O) groups excluding carboxylic acids is 1. The maximum absolute atomic E-state index is 14.1. The molecule has 0 saturated carbocycles. The van der Waals surface area contributed by atoms with Crippen molar-refractivity contribution in [3.05, 3.63) is 120 Å². The predicted molar refractivity (Wildman–Crippen MR) is 175 cm³/mol. The van der Waals surface area contributed by atoms with Crippen molar-refractivity contribution in [1.82, 2.24) is 19.5 Å². The molecule has 0 unspecified atom stereocenters. The van der Waals surface area contributed by atoms with Gasteiger partial charge in [0.25, 0.3) is 0 Å². The zero-order valence-electron chi connectivity index (χ0n) is 25.6. The first-order valence-electron chi connectivity index (χ1n) is 14.9. The largest absolute Gasteiger partial charge is 0.432 e. The average Bonchev–Trinajstić information content (AvgIpc) is 3.39. The fraction of sp³-hybridized carbons (Fsp3) is 0.286. The topological polar surface area (TPSA) is 102 Å². The van der Waals surface area contributed by atoms with Crippen LogP contribution in [-0.2, 0) is 10.3 Å². The normalized spacial score (nSPS) is 14.7. The van der Waals surface area contributed by atoms with Gasteiger partial charge in [-0.05, 0) is 37.0 Å². The van der Waals surface area contributed by atoms with Crippen LogP contribution in [0.1, 0.15) is 53.7 Å². The Morgan fingerprint density at radius 2 is 1.64 bits per heavy atom. The summed E-state index contributed by atoms with van der Waals surface area (Å²) in [6, 6.07) is 21.8. The van der Waals surface area contributed by atoms with Crippen LogP contribution in [0.25, 0.3) is 11.0 Å². The molecule has 44 heavy (non-hydrogen) atoms. The summed E-state index contributed by atoms with van der Waals surface area (Å²) in [5.74, 6) is -0.173. The highest BCUT2D eigenvalue weighted by atomic mass is 28.4. The van der Waals surface area contributed by atoms with E-state index in [1.54, 1.807) is 24.7 Å². The van der Waals surface area contributed by atoms with Crippen LogP contribution in [0.15, 0.2) is 103 Å². The van der Waals surface area contributed by atoms with Gasteiger partial charge in [-0.2, -0.15) is 0 Å². The van der Waals surface area contributed by atoms with Crippen molar-refractivity contribution in [3.8, 4) is 0 Å². The van der Waals surface area contributed by atoms with Crippen molar-refractivity contribution in [3.63, 3.8) is 0 Å². The van der Waals surface area contributed by atoms with Crippen molar-refractivity contribution in [2.45, 2.75) is 50.4 Å². The van der Waals surface area contributed by atoms with Crippen LogP contribution in [0.4, 0.5) is 5.69 Å². The summed E-state index contributed by atoms with van der Waals surface area (Å²) < 4.78 is 7.85. The zero-order valence-corrected chi connectivity index (χ0v) is 26.6. The number of aliphatic imine (C=N–C) groups is 1. The lowest BCUT2D eigenvalue weighted by atomic mass is 9.87. The molecule has 5 aromatic rings. The van der Waals surface area contributed by atoms with E-state index >= 15 is 0 Å². The fourth-order valence-corrected chi connectivity index (χ4v) is 6.22. The number of nitrogens with zero attached hydrogens (tertiary/aromatic N) is 5. The van der Waals surface area contributed by atoms with Crippen LogP contribution < -0.4 is 0 Å².